The standard InChI is InChI=1S/C15H11ClN2OS/c1-20-11-7-8-13(16)12(9-11)15-17-14(18-19-15)10-5-3-2-4-6-10/h2-9H,1H3. The van der Waals surface area contributed by atoms with Gasteiger partial charge in [-0.2, -0.15) is 4.98 Å². The number of aromatic nitrogens is 2. The van der Waals surface area contributed by atoms with Crippen molar-refractivity contribution in [1.29, 1.82) is 0 Å². The highest BCUT2D eigenvalue weighted by Gasteiger charge is 2.13. The molecule has 1 heterocycles. The van der Waals surface area contributed by atoms with Gasteiger partial charge in [-0.3, -0.25) is 0 Å². The van der Waals surface area contributed by atoms with Crippen LogP contribution >= 0.6 is 23.4 Å². The molecule has 0 aliphatic carbocycles. The molecule has 0 fully saturated rings. The summed E-state index contributed by atoms with van der Waals surface area (Å²) in [5, 5.41) is 4.61. The smallest absolute Gasteiger partial charge is 0.259 e. The van der Waals surface area contributed by atoms with Gasteiger partial charge >= 0.3 is 0 Å². The number of halogens is 1. The van der Waals surface area contributed by atoms with Crippen molar-refractivity contribution in [2.45, 2.75) is 4.90 Å². The van der Waals surface area contributed by atoms with Gasteiger partial charge in [0.1, 0.15) is 0 Å². The van der Waals surface area contributed by atoms with Crippen LogP contribution in [0.1, 0.15) is 0 Å². The number of benzene rings is 2. The second kappa shape index (κ2) is 5.69. The van der Waals surface area contributed by atoms with Crippen LogP contribution in [-0.4, -0.2) is 16.4 Å². The molecule has 0 aliphatic heterocycles. The topological polar surface area (TPSA) is 38.9 Å². The van der Waals surface area contributed by atoms with Gasteiger partial charge in [-0.1, -0.05) is 47.1 Å². The van der Waals surface area contributed by atoms with Gasteiger partial charge in [-0.15, -0.1) is 11.8 Å². The third kappa shape index (κ3) is 2.57. The molecule has 3 nitrogen and oxygen atoms in total. The predicted molar refractivity (Wildman–Crippen MR) is 82.0 cm³/mol. The van der Waals surface area contributed by atoms with Crippen molar-refractivity contribution >= 4 is 23.4 Å². The van der Waals surface area contributed by atoms with Crippen molar-refractivity contribution in [3.63, 3.8) is 0 Å². The Morgan fingerprint density at radius 3 is 2.65 bits per heavy atom. The molecule has 3 aromatic rings. The summed E-state index contributed by atoms with van der Waals surface area (Å²) >= 11 is 7.85. The summed E-state index contributed by atoms with van der Waals surface area (Å²) in [7, 11) is 0. The summed E-state index contributed by atoms with van der Waals surface area (Å²) in [6, 6.07) is 15.5. The van der Waals surface area contributed by atoms with E-state index < -0.39 is 0 Å². The van der Waals surface area contributed by atoms with Gasteiger partial charge in [0.05, 0.1) is 10.6 Å². The van der Waals surface area contributed by atoms with Crippen LogP contribution in [0.25, 0.3) is 22.8 Å². The normalized spacial score (nSPS) is 10.7. The minimum atomic E-state index is 0.435. The first-order valence-electron chi connectivity index (χ1n) is 6.01. The van der Waals surface area contributed by atoms with Gasteiger partial charge in [0.25, 0.3) is 5.89 Å². The molecule has 0 unspecified atom stereocenters. The molecule has 1 aromatic heterocycles. The fourth-order valence-electron chi connectivity index (χ4n) is 1.83. The Morgan fingerprint density at radius 1 is 1.10 bits per heavy atom. The summed E-state index contributed by atoms with van der Waals surface area (Å²) in [6.45, 7) is 0. The highest BCUT2D eigenvalue weighted by atomic mass is 35.5. The molecule has 0 N–H and O–H groups in total. The molecule has 0 saturated heterocycles. The molecule has 0 aliphatic rings. The third-order valence-electron chi connectivity index (χ3n) is 2.86. The highest BCUT2D eigenvalue weighted by Crippen LogP contribution is 2.31. The van der Waals surface area contributed by atoms with Crippen molar-refractivity contribution in [3.8, 4) is 22.8 Å². The number of rotatable bonds is 3. The summed E-state index contributed by atoms with van der Waals surface area (Å²) in [6.07, 6.45) is 2.01. The quantitative estimate of drug-likeness (QED) is 0.653. The molecule has 0 atom stereocenters. The fraction of sp³-hybridized carbons (Fsp3) is 0.0667. The van der Waals surface area contributed by atoms with E-state index in [9.17, 15) is 0 Å². The second-order valence-corrected chi connectivity index (χ2v) is 5.42. The Balaban J connectivity index is 2.02. The SMILES string of the molecule is CSc1ccc(Cl)c(-c2nc(-c3ccccc3)no2)c1. The van der Waals surface area contributed by atoms with E-state index in [0.29, 0.717) is 16.7 Å². The first-order valence-corrected chi connectivity index (χ1v) is 7.61. The molecule has 5 heteroatoms. The van der Waals surface area contributed by atoms with E-state index in [1.54, 1.807) is 11.8 Å². The van der Waals surface area contributed by atoms with Crippen LogP contribution < -0.4 is 0 Å². The summed E-state index contributed by atoms with van der Waals surface area (Å²) in [5.74, 6) is 0.996. The van der Waals surface area contributed by atoms with Gasteiger partial charge in [0.2, 0.25) is 5.82 Å². The first kappa shape index (κ1) is 13.2. The highest BCUT2D eigenvalue weighted by molar-refractivity contribution is 7.98. The van der Waals surface area contributed by atoms with E-state index in [0.717, 1.165) is 16.0 Å². The summed E-state index contributed by atoms with van der Waals surface area (Å²) in [4.78, 5) is 5.52. The van der Waals surface area contributed by atoms with Crippen LogP contribution in [0, 0.1) is 0 Å². The maximum atomic E-state index is 6.21. The average molecular weight is 303 g/mol. The first-order chi connectivity index (χ1) is 9.78. The molecular formula is C15H11ClN2OS. The Bertz CT molecular complexity index is 728. The van der Waals surface area contributed by atoms with E-state index in [1.165, 1.54) is 0 Å². The van der Waals surface area contributed by atoms with E-state index in [1.807, 2.05) is 54.8 Å². The van der Waals surface area contributed by atoms with Crippen LogP contribution in [0.2, 0.25) is 5.02 Å². The lowest BCUT2D eigenvalue weighted by Crippen LogP contribution is -1.82. The molecule has 3 rings (SSSR count). The average Bonchev–Trinajstić information content (AvgIpc) is 2.98. The maximum Gasteiger partial charge on any atom is 0.259 e. The van der Waals surface area contributed by atoms with Crippen molar-refractivity contribution in [3.05, 3.63) is 53.6 Å². The maximum absolute atomic E-state index is 6.21. The van der Waals surface area contributed by atoms with Gasteiger partial charge in [-0.05, 0) is 24.5 Å². The van der Waals surface area contributed by atoms with Crippen LogP contribution in [0.15, 0.2) is 57.9 Å². The minimum absolute atomic E-state index is 0.435. The molecule has 0 spiro atoms. The van der Waals surface area contributed by atoms with E-state index in [-0.39, 0.29) is 0 Å². The Hall–Kier alpha value is -1.78. The lowest BCUT2D eigenvalue weighted by molar-refractivity contribution is 0.432. The zero-order valence-corrected chi connectivity index (χ0v) is 12.3. The largest absolute Gasteiger partial charge is 0.334 e. The van der Waals surface area contributed by atoms with Gasteiger partial charge < -0.3 is 4.52 Å². The Labute approximate surface area is 126 Å². The number of thioether (sulfide) groups is 1. The van der Waals surface area contributed by atoms with Crippen molar-refractivity contribution in [2.75, 3.05) is 6.26 Å². The van der Waals surface area contributed by atoms with Crippen LogP contribution in [0.4, 0.5) is 0 Å². The molecule has 100 valence electrons. The number of hydrogen-bond acceptors (Lipinski definition) is 4. The van der Waals surface area contributed by atoms with Crippen LogP contribution in [-0.2, 0) is 0 Å². The second-order valence-electron chi connectivity index (χ2n) is 4.13. The minimum Gasteiger partial charge on any atom is -0.334 e. The number of hydrogen-bond donors (Lipinski definition) is 0. The molecule has 0 saturated carbocycles. The lowest BCUT2D eigenvalue weighted by atomic mass is 10.2. The van der Waals surface area contributed by atoms with Crippen molar-refractivity contribution in [1.82, 2.24) is 10.1 Å². The van der Waals surface area contributed by atoms with Gasteiger partial charge in [0.15, 0.2) is 0 Å². The zero-order valence-electron chi connectivity index (χ0n) is 10.7. The fourth-order valence-corrected chi connectivity index (χ4v) is 2.47. The molecule has 0 bridgehead atoms. The molecular weight excluding hydrogens is 292 g/mol. The summed E-state index contributed by atoms with van der Waals surface area (Å²) < 4.78 is 5.33. The predicted octanol–water partition coefficient (Wildman–Crippen LogP) is 4.78. The van der Waals surface area contributed by atoms with Crippen molar-refractivity contribution < 1.29 is 4.52 Å². The van der Waals surface area contributed by atoms with E-state index in [4.69, 9.17) is 16.1 Å². The Morgan fingerprint density at radius 2 is 1.90 bits per heavy atom. The summed E-state index contributed by atoms with van der Waals surface area (Å²) in [5.41, 5.74) is 1.67. The number of nitrogens with zero attached hydrogens (tertiary/aromatic N) is 2. The van der Waals surface area contributed by atoms with E-state index >= 15 is 0 Å². The van der Waals surface area contributed by atoms with E-state index in [2.05, 4.69) is 10.1 Å². The molecule has 2 aromatic carbocycles. The van der Waals surface area contributed by atoms with Crippen LogP contribution in [0.3, 0.4) is 0 Å². The molecule has 0 amide bonds. The van der Waals surface area contributed by atoms with Gasteiger partial charge in [0, 0.05) is 10.5 Å². The van der Waals surface area contributed by atoms with Crippen molar-refractivity contribution in [2.24, 2.45) is 0 Å². The molecule has 20 heavy (non-hydrogen) atoms. The van der Waals surface area contributed by atoms with Crippen LogP contribution in [0.5, 0.6) is 0 Å². The molecule has 0 radical (unpaired) electrons. The Kier molecular flexibility index (Phi) is 3.76. The lowest BCUT2D eigenvalue weighted by Gasteiger charge is -2.01. The van der Waals surface area contributed by atoms with Gasteiger partial charge in [-0.25, -0.2) is 0 Å². The zero-order chi connectivity index (χ0) is 13.9. The third-order valence-corrected chi connectivity index (χ3v) is 3.92. The monoisotopic (exact) mass is 302 g/mol.